The zero-order valence-corrected chi connectivity index (χ0v) is 10.6. The summed E-state index contributed by atoms with van der Waals surface area (Å²) < 4.78 is 1.89. The van der Waals surface area contributed by atoms with Crippen LogP contribution in [0.5, 0.6) is 0 Å². The SMILES string of the molecule is Cn1cnnc1CNC(CCO)C(C)(C)C. The van der Waals surface area contributed by atoms with E-state index in [9.17, 15) is 0 Å². The van der Waals surface area contributed by atoms with Crippen molar-refractivity contribution in [2.24, 2.45) is 12.5 Å². The van der Waals surface area contributed by atoms with Gasteiger partial charge < -0.3 is 15.0 Å². The third-order valence-corrected chi connectivity index (χ3v) is 2.77. The molecule has 1 rings (SSSR count). The zero-order chi connectivity index (χ0) is 12.2. The number of nitrogens with one attached hydrogen (secondary N) is 1. The second kappa shape index (κ2) is 5.41. The minimum atomic E-state index is 0.126. The normalized spacial score (nSPS) is 14.1. The Morgan fingerprint density at radius 3 is 2.62 bits per heavy atom. The van der Waals surface area contributed by atoms with Gasteiger partial charge in [-0.05, 0) is 11.8 Å². The standard InChI is InChI=1S/C11H22N4O/c1-11(2,3)9(5-6-16)12-7-10-14-13-8-15(10)4/h8-9,12,16H,5-7H2,1-4H3. The number of rotatable bonds is 5. The lowest BCUT2D eigenvalue weighted by Gasteiger charge is -2.31. The van der Waals surface area contributed by atoms with Crippen LogP contribution in [0.3, 0.4) is 0 Å². The van der Waals surface area contributed by atoms with Gasteiger partial charge in [0, 0.05) is 19.7 Å². The Labute approximate surface area is 96.9 Å². The third-order valence-electron chi connectivity index (χ3n) is 2.77. The fourth-order valence-electron chi connectivity index (χ4n) is 1.65. The highest BCUT2D eigenvalue weighted by atomic mass is 16.3. The van der Waals surface area contributed by atoms with E-state index < -0.39 is 0 Å². The van der Waals surface area contributed by atoms with Crippen LogP contribution in [0, 0.1) is 5.41 Å². The highest BCUT2D eigenvalue weighted by molar-refractivity contribution is 4.87. The van der Waals surface area contributed by atoms with Crippen molar-refractivity contribution in [3.05, 3.63) is 12.2 Å². The summed E-state index contributed by atoms with van der Waals surface area (Å²) in [5, 5.41) is 20.3. The minimum absolute atomic E-state index is 0.126. The van der Waals surface area contributed by atoms with Gasteiger partial charge in [0.1, 0.15) is 12.2 Å². The smallest absolute Gasteiger partial charge is 0.146 e. The van der Waals surface area contributed by atoms with Gasteiger partial charge in [-0.15, -0.1) is 10.2 Å². The van der Waals surface area contributed by atoms with E-state index in [4.69, 9.17) is 5.11 Å². The molecule has 92 valence electrons. The molecule has 0 spiro atoms. The van der Waals surface area contributed by atoms with E-state index in [1.165, 1.54) is 0 Å². The van der Waals surface area contributed by atoms with Crippen molar-refractivity contribution >= 4 is 0 Å². The molecule has 5 heteroatoms. The quantitative estimate of drug-likeness (QED) is 0.776. The first-order valence-corrected chi connectivity index (χ1v) is 5.62. The zero-order valence-electron chi connectivity index (χ0n) is 10.6. The van der Waals surface area contributed by atoms with Crippen molar-refractivity contribution in [1.82, 2.24) is 20.1 Å². The maximum Gasteiger partial charge on any atom is 0.146 e. The van der Waals surface area contributed by atoms with Gasteiger partial charge >= 0.3 is 0 Å². The lowest BCUT2D eigenvalue weighted by molar-refractivity contribution is 0.195. The molecule has 2 N–H and O–H groups in total. The van der Waals surface area contributed by atoms with Crippen LogP contribution in [-0.4, -0.2) is 32.5 Å². The Morgan fingerprint density at radius 2 is 2.19 bits per heavy atom. The monoisotopic (exact) mass is 226 g/mol. The van der Waals surface area contributed by atoms with Gasteiger partial charge in [-0.25, -0.2) is 0 Å². The second-order valence-corrected chi connectivity index (χ2v) is 5.17. The van der Waals surface area contributed by atoms with Gasteiger partial charge in [-0.2, -0.15) is 0 Å². The average Bonchev–Trinajstić information content (AvgIpc) is 2.57. The summed E-state index contributed by atoms with van der Waals surface area (Å²) in [7, 11) is 1.93. The summed E-state index contributed by atoms with van der Waals surface area (Å²) in [6, 6.07) is 0.272. The molecule has 0 fully saturated rings. The van der Waals surface area contributed by atoms with Crippen molar-refractivity contribution in [3.8, 4) is 0 Å². The van der Waals surface area contributed by atoms with E-state index in [0.717, 1.165) is 12.2 Å². The van der Waals surface area contributed by atoms with Gasteiger partial charge in [0.05, 0.1) is 6.54 Å². The molecule has 1 aromatic rings. The Bertz CT molecular complexity index is 316. The molecular weight excluding hydrogens is 204 g/mol. The van der Waals surface area contributed by atoms with Crippen LogP contribution in [-0.2, 0) is 13.6 Å². The number of hydrogen-bond acceptors (Lipinski definition) is 4. The number of aromatic nitrogens is 3. The summed E-state index contributed by atoms with van der Waals surface area (Å²) in [4.78, 5) is 0. The molecule has 16 heavy (non-hydrogen) atoms. The molecule has 5 nitrogen and oxygen atoms in total. The van der Waals surface area contributed by atoms with Crippen LogP contribution in [0.4, 0.5) is 0 Å². The Balaban J connectivity index is 2.54. The topological polar surface area (TPSA) is 63.0 Å². The molecule has 0 radical (unpaired) electrons. The molecule has 1 unspecified atom stereocenters. The Hall–Kier alpha value is -0.940. The van der Waals surface area contributed by atoms with E-state index in [-0.39, 0.29) is 18.1 Å². The molecule has 0 amide bonds. The van der Waals surface area contributed by atoms with Crippen LogP contribution in [0.1, 0.15) is 33.0 Å². The van der Waals surface area contributed by atoms with Crippen LogP contribution in [0.2, 0.25) is 0 Å². The average molecular weight is 226 g/mol. The highest BCUT2D eigenvalue weighted by Gasteiger charge is 2.23. The largest absolute Gasteiger partial charge is 0.396 e. The first-order chi connectivity index (χ1) is 7.45. The van der Waals surface area contributed by atoms with Crippen molar-refractivity contribution in [2.75, 3.05) is 6.61 Å². The van der Waals surface area contributed by atoms with Gasteiger partial charge in [-0.3, -0.25) is 0 Å². The molecule has 0 bridgehead atoms. The highest BCUT2D eigenvalue weighted by Crippen LogP contribution is 2.21. The Morgan fingerprint density at radius 1 is 1.50 bits per heavy atom. The molecule has 0 aliphatic carbocycles. The van der Waals surface area contributed by atoms with E-state index in [0.29, 0.717) is 6.54 Å². The third kappa shape index (κ3) is 3.57. The van der Waals surface area contributed by atoms with Crippen molar-refractivity contribution in [2.45, 2.75) is 39.8 Å². The molecule has 0 aliphatic rings. The predicted molar refractivity (Wildman–Crippen MR) is 62.8 cm³/mol. The van der Waals surface area contributed by atoms with Crippen molar-refractivity contribution < 1.29 is 5.11 Å². The molecular formula is C11H22N4O. The first-order valence-electron chi connectivity index (χ1n) is 5.62. The number of hydrogen-bond donors (Lipinski definition) is 2. The van der Waals surface area contributed by atoms with E-state index in [1.54, 1.807) is 6.33 Å². The van der Waals surface area contributed by atoms with Gasteiger partial charge in [0.2, 0.25) is 0 Å². The van der Waals surface area contributed by atoms with Crippen LogP contribution >= 0.6 is 0 Å². The first kappa shape index (κ1) is 13.1. The predicted octanol–water partition coefficient (Wildman–Crippen LogP) is 0.702. The molecule has 0 saturated carbocycles. The van der Waals surface area contributed by atoms with Crippen LogP contribution in [0.25, 0.3) is 0 Å². The van der Waals surface area contributed by atoms with E-state index >= 15 is 0 Å². The number of aliphatic hydroxyl groups excluding tert-OH is 1. The lowest BCUT2D eigenvalue weighted by Crippen LogP contribution is -2.41. The lowest BCUT2D eigenvalue weighted by atomic mass is 9.85. The molecule has 1 atom stereocenters. The number of aryl methyl sites for hydroxylation is 1. The molecule has 1 aromatic heterocycles. The van der Waals surface area contributed by atoms with Crippen LogP contribution < -0.4 is 5.32 Å². The maximum absolute atomic E-state index is 9.04. The summed E-state index contributed by atoms with van der Waals surface area (Å²) in [6.45, 7) is 7.37. The summed E-state index contributed by atoms with van der Waals surface area (Å²) >= 11 is 0. The number of aliphatic hydroxyl groups is 1. The van der Waals surface area contributed by atoms with Crippen molar-refractivity contribution in [3.63, 3.8) is 0 Å². The van der Waals surface area contributed by atoms with Gasteiger partial charge in [0.25, 0.3) is 0 Å². The number of nitrogens with zero attached hydrogens (tertiary/aromatic N) is 3. The maximum atomic E-state index is 9.04. The summed E-state index contributed by atoms with van der Waals surface area (Å²) in [6.07, 6.45) is 2.44. The van der Waals surface area contributed by atoms with Crippen molar-refractivity contribution in [1.29, 1.82) is 0 Å². The molecule has 1 heterocycles. The fraction of sp³-hybridized carbons (Fsp3) is 0.818. The summed E-state index contributed by atoms with van der Waals surface area (Å²) in [5.74, 6) is 0.909. The van der Waals surface area contributed by atoms with Gasteiger partial charge in [-0.1, -0.05) is 20.8 Å². The van der Waals surface area contributed by atoms with Crippen LogP contribution in [0.15, 0.2) is 6.33 Å². The fourth-order valence-corrected chi connectivity index (χ4v) is 1.65. The minimum Gasteiger partial charge on any atom is -0.396 e. The molecule has 0 aliphatic heterocycles. The van der Waals surface area contributed by atoms with Gasteiger partial charge in [0.15, 0.2) is 0 Å². The Kier molecular flexibility index (Phi) is 4.44. The molecule has 0 saturated heterocycles. The molecule has 0 aromatic carbocycles. The van der Waals surface area contributed by atoms with E-state index in [2.05, 4.69) is 36.3 Å². The summed E-state index contributed by atoms with van der Waals surface area (Å²) in [5.41, 5.74) is 0.126. The van der Waals surface area contributed by atoms with E-state index in [1.807, 2.05) is 11.6 Å². The second-order valence-electron chi connectivity index (χ2n) is 5.17.